The van der Waals surface area contributed by atoms with Crippen molar-refractivity contribution >= 4 is 17.7 Å². The molecule has 0 saturated carbocycles. The number of rotatable bonds is 5. The number of nitriles is 2. The van der Waals surface area contributed by atoms with Gasteiger partial charge >= 0.3 is 0 Å². The molecular weight excluding hydrogens is 312 g/mol. The van der Waals surface area contributed by atoms with Gasteiger partial charge in [0.05, 0.1) is 7.11 Å². The highest BCUT2D eigenvalue weighted by atomic mass is 35.5. The highest BCUT2D eigenvalue weighted by Gasteiger charge is 2.06. The van der Waals surface area contributed by atoms with E-state index in [4.69, 9.17) is 31.6 Å². The summed E-state index contributed by atoms with van der Waals surface area (Å²) in [6, 6.07) is 16.2. The van der Waals surface area contributed by atoms with Crippen LogP contribution in [-0.4, -0.2) is 7.11 Å². The molecule has 0 fully saturated rings. The van der Waals surface area contributed by atoms with Gasteiger partial charge in [0.15, 0.2) is 11.5 Å². The number of halogens is 1. The van der Waals surface area contributed by atoms with Gasteiger partial charge in [-0.1, -0.05) is 29.8 Å². The summed E-state index contributed by atoms with van der Waals surface area (Å²) in [7, 11) is 1.54. The molecule has 0 aliphatic rings. The van der Waals surface area contributed by atoms with Gasteiger partial charge in [0.25, 0.3) is 0 Å². The molecule has 0 saturated heterocycles. The molecule has 0 radical (unpaired) electrons. The van der Waals surface area contributed by atoms with Gasteiger partial charge in [-0.15, -0.1) is 0 Å². The molecule has 114 valence electrons. The Morgan fingerprint density at radius 2 is 1.78 bits per heavy atom. The third-order valence-corrected chi connectivity index (χ3v) is 3.30. The van der Waals surface area contributed by atoms with Crippen molar-refractivity contribution in [3.8, 4) is 23.6 Å². The van der Waals surface area contributed by atoms with Crippen molar-refractivity contribution in [2.75, 3.05) is 7.11 Å². The van der Waals surface area contributed by atoms with Crippen LogP contribution in [0.3, 0.4) is 0 Å². The summed E-state index contributed by atoms with van der Waals surface area (Å²) in [5.41, 5.74) is 1.71. The molecular formula is C18H13ClN2O2. The summed E-state index contributed by atoms with van der Waals surface area (Å²) in [4.78, 5) is 0. The van der Waals surface area contributed by atoms with Crippen LogP contribution in [0.2, 0.25) is 5.02 Å². The number of hydrogen-bond acceptors (Lipinski definition) is 4. The van der Waals surface area contributed by atoms with Gasteiger partial charge in [0.1, 0.15) is 24.3 Å². The normalized spacial score (nSPS) is 9.39. The summed E-state index contributed by atoms with van der Waals surface area (Å²) in [6.45, 7) is 0.379. The summed E-state index contributed by atoms with van der Waals surface area (Å²) in [5.74, 6) is 1.11. The zero-order valence-corrected chi connectivity index (χ0v) is 13.2. The molecule has 0 atom stereocenters. The summed E-state index contributed by atoms with van der Waals surface area (Å²) in [5, 5.41) is 18.3. The first kappa shape index (κ1) is 16.4. The van der Waals surface area contributed by atoms with Gasteiger partial charge in [0.2, 0.25) is 0 Å². The van der Waals surface area contributed by atoms with Crippen LogP contribution in [0.4, 0.5) is 0 Å². The molecule has 5 heteroatoms. The number of benzene rings is 2. The van der Waals surface area contributed by atoms with Gasteiger partial charge in [0, 0.05) is 5.02 Å². The lowest BCUT2D eigenvalue weighted by Crippen LogP contribution is -1.97. The third kappa shape index (κ3) is 4.51. The second-order valence-electron chi connectivity index (χ2n) is 4.61. The predicted octanol–water partition coefficient (Wildman–Crippen LogP) is 4.36. The van der Waals surface area contributed by atoms with E-state index >= 15 is 0 Å². The van der Waals surface area contributed by atoms with Gasteiger partial charge < -0.3 is 9.47 Å². The molecule has 2 aromatic carbocycles. The summed E-state index contributed by atoms with van der Waals surface area (Å²) >= 11 is 5.85. The Labute approximate surface area is 139 Å². The van der Waals surface area contributed by atoms with Crippen LogP contribution in [0.15, 0.2) is 48.0 Å². The van der Waals surface area contributed by atoms with Crippen molar-refractivity contribution in [2.24, 2.45) is 0 Å². The Hall–Kier alpha value is -2.95. The molecule has 0 heterocycles. The van der Waals surface area contributed by atoms with Crippen LogP contribution in [0, 0.1) is 22.7 Å². The van der Waals surface area contributed by atoms with E-state index < -0.39 is 0 Å². The largest absolute Gasteiger partial charge is 0.493 e. The summed E-state index contributed by atoms with van der Waals surface area (Å²) in [6.07, 6.45) is 1.49. The molecule has 0 amide bonds. The molecule has 0 spiro atoms. The number of nitrogens with zero attached hydrogens (tertiary/aromatic N) is 2. The van der Waals surface area contributed by atoms with Crippen LogP contribution in [0.25, 0.3) is 6.08 Å². The van der Waals surface area contributed by atoms with Gasteiger partial charge in [-0.05, 0) is 41.5 Å². The van der Waals surface area contributed by atoms with Crippen molar-refractivity contribution in [2.45, 2.75) is 6.61 Å². The van der Waals surface area contributed by atoms with Crippen molar-refractivity contribution in [3.63, 3.8) is 0 Å². The predicted molar refractivity (Wildman–Crippen MR) is 88.0 cm³/mol. The van der Waals surface area contributed by atoms with E-state index in [2.05, 4.69) is 0 Å². The maximum atomic E-state index is 8.79. The minimum absolute atomic E-state index is 0.0295. The van der Waals surface area contributed by atoms with Crippen LogP contribution in [0.1, 0.15) is 11.1 Å². The first-order valence-corrected chi connectivity index (χ1v) is 7.11. The lowest BCUT2D eigenvalue weighted by atomic mass is 10.1. The SMILES string of the molecule is COc1cc(C=C(C#N)C#N)ccc1OCc1ccc(Cl)cc1. The molecule has 0 aromatic heterocycles. The van der Waals surface area contributed by atoms with Gasteiger partial charge in [-0.3, -0.25) is 0 Å². The van der Waals surface area contributed by atoms with E-state index in [1.54, 1.807) is 30.3 Å². The molecule has 0 unspecified atom stereocenters. The topological polar surface area (TPSA) is 66.0 Å². The Kier molecular flexibility index (Phi) is 5.63. The van der Waals surface area contributed by atoms with E-state index in [1.807, 2.05) is 24.3 Å². The van der Waals surface area contributed by atoms with E-state index in [9.17, 15) is 0 Å². The molecule has 0 aliphatic heterocycles. The monoisotopic (exact) mass is 324 g/mol. The van der Waals surface area contributed by atoms with Crippen LogP contribution < -0.4 is 9.47 Å². The second-order valence-corrected chi connectivity index (χ2v) is 5.04. The van der Waals surface area contributed by atoms with E-state index in [-0.39, 0.29) is 5.57 Å². The average Bonchev–Trinajstić information content (AvgIpc) is 2.59. The molecule has 0 N–H and O–H groups in total. The molecule has 2 rings (SSSR count). The molecule has 4 nitrogen and oxygen atoms in total. The van der Waals surface area contributed by atoms with Crippen molar-refractivity contribution in [3.05, 3.63) is 64.2 Å². The average molecular weight is 325 g/mol. The number of methoxy groups -OCH3 is 1. The Balaban J connectivity index is 2.17. The fourth-order valence-electron chi connectivity index (χ4n) is 1.89. The smallest absolute Gasteiger partial charge is 0.161 e. The number of hydrogen-bond donors (Lipinski definition) is 0. The van der Waals surface area contributed by atoms with Crippen molar-refractivity contribution in [1.82, 2.24) is 0 Å². The molecule has 0 aliphatic carbocycles. The van der Waals surface area contributed by atoms with E-state index in [0.717, 1.165) is 5.56 Å². The van der Waals surface area contributed by atoms with Crippen LogP contribution in [0.5, 0.6) is 11.5 Å². The Morgan fingerprint density at radius 1 is 1.09 bits per heavy atom. The zero-order valence-electron chi connectivity index (χ0n) is 12.4. The highest BCUT2D eigenvalue weighted by Crippen LogP contribution is 2.29. The molecule has 0 bridgehead atoms. The van der Waals surface area contributed by atoms with Crippen molar-refractivity contribution in [1.29, 1.82) is 10.5 Å². The van der Waals surface area contributed by atoms with Crippen LogP contribution >= 0.6 is 11.6 Å². The highest BCUT2D eigenvalue weighted by molar-refractivity contribution is 6.30. The number of ether oxygens (including phenoxy) is 2. The Bertz CT molecular complexity index is 783. The fraction of sp³-hybridized carbons (Fsp3) is 0.111. The first-order chi connectivity index (χ1) is 11.2. The summed E-state index contributed by atoms with van der Waals surface area (Å²) < 4.78 is 11.0. The lowest BCUT2D eigenvalue weighted by Gasteiger charge is -2.11. The standard InChI is InChI=1S/C18H13ClN2O2/c1-22-18-9-14(8-15(10-20)11-21)4-7-17(18)23-12-13-2-5-16(19)6-3-13/h2-9H,12H2,1H3. The van der Waals surface area contributed by atoms with Gasteiger partial charge in [-0.25, -0.2) is 0 Å². The third-order valence-electron chi connectivity index (χ3n) is 3.05. The first-order valence-electron chi connectivity index (χ1n) is 6.73. The van der Waals surface area contributed by atoms with E-state index in [0.29, 0.717) is 28.7 Å². The minimum Gasteiger partial charge on any atom is -0.493 e. The van der Waals surface area contributed by atoms with Gasteiger partial charge in [-0.2, -0.15) is 10.5 Å². The Morgan fingerprint density at radius 3 is 2.39 bits per heavy atom. The zero-order chi connectivity index (χ0) is 16.7. The fourth-order valence-corrected chi connectivity index (χ4v) is 2.02. The van der Waals surface area contributed by atoms with Crippen molar-refractivity contribution < 1.29 is 9.47 Å². The number of allylic oxidation sites excluding steroid dienone is 1. The van der Waals surface area contributed by atoms with Crippen LogP contribution in [-0.2, 0) is 6.61 Å². The maximum Gasteiger partial charge on any atom is 0.161 e. The molecule has 23 heavy (non-hydrogen) atoms. The quantitative estimate of drug-likeness (QED) is 0.766. The second kappa shape index (κ2) is 7.89. The maximum absolute atomic E-state index is 8.79. The molecule has 2 aromatic rings. The minimum atomic E-state index is 0.0295. The lowest BCUT2D eigenvalue weighted by molar-refractivity contribution is 0.284. The van der Waals surface area contributed by atoms with E-state index in [1.165, 1.54) is 13.2 Å².